The minimum absolute atomic E-state index is 0.267. The van der Waals surface area contributed by atoms with E-state index in [4.69, 9.17) is 0 Å². The van der Waals surface area contributed by atoms with E-state index in [2.05, 4.69) is 4.74 Å². The maximum atomic E-state index is 12.5. The van der Waals surface area contributed by atoms with Gasteiger partial charge in [0.25, 0.3) is 0 Å². The minimum Gasteiger partial charge on any atom is -0.426 e. The van der Waals surface area contributed by atoms with Crippen molar-refractivity contribution >= 4 is 11.8 Å². The third-order valence-electron chi connectivity index (χ3n) is 2.00. The summed E-state index contributed by atoms with van der Waals surface area (Å²) in [6, 6.07) is 3.81. The van der Waals surface area contributed by atoms with Crippen LogP contribution in [0.1, 0.15) is 6.92 Å². The predicted molar refractivity (Wildman–Crippen MR) is 52.3 cm³/mol. The van der Waals surface area contributed by atoms with Crippen molar-refractivity contribution < 1.29 is 31.9 Å². The highest BCUT2D eigenvalue weighted by Crippen LogP contribution is 2.28. The van der Waals surface area contributed by atoms with E-state index in [-0.39, 0.29) is 5.75 Å². The Morgan fingerprint density at radius 3 is 2.06 bits per heavy atom. The van der Waals surface area contributed by atoms with E-state index < -0.39 is 29.7 Å². The lowest BCUT2D eigenvalue weighted by Gasteiger charge is -2.15. The third kappa shape index (κ3) is 3.54. The number of Topliss-reactive ketones (excluding diaryl/α,β-unsaturated/α-hetero) is 1. The fourth-order valence-electron chi connectivity index (χ4n) is 1.21. The fraction of sp³-hybridized carbons (Fsp3) is 0.273. The van der Waals surface area contributed by atoms with Gasteiger partial charge in [-0.05, 0) is 31.2 Å². The van der Waals surface area contributed by atoms with Crippen molar-refractivity contribution in [2.45, 2.75) is 13.1 Å². The Bertz CT molecular complexity index is 450. The molecular weight excluding hydrogens is 256 g/mol. The van der Waals surface area contributed by atoms with Gasteiger partial charge in [0.1, 0.15) is 11.6 Å². The number of carbonyl (C=O) groups excluding carboxylic acids is 2. The molecule has 0 N–H and O–H groups in total. The molecule has 0 aromatic heterocycles. The van der Waals surface area contributed by atoms with Crippen molar-refractivity contribution in [3.05, 3.63) is 30.1 Å². The Labute approximate surface area is 99.4 Å². The first-order chi connectivity index (χ1) is 8.21. The van der Waals surface area contributed by atoms with Crippen LogP contribution in [0.5, 0.6) is 5.75 Å². The van der Waals surface area contributed by atoms with Crippen molar-refractivity contribution in [2.75, 3.05) is 0 Å². The molecule has 0 aliphatic heterocycles. The van der Waals surface area contributed by atoms with E-state index >= 15 is 0 Å². The topological polar surface area (TPSA) is 43.4 Å². The zero-order chi connectivity index (χ0) is 13.9. The van der Waals surface area contributed by atoms with Crippen LogP contribution < -0.4 is 4.74 Å². The van der Waals surface area contributed by atoms with Gasteiger partial charge in [-0.2, -0.15) is 13.2 Å². The van der Waals surface area contributed by atoms with Gasteiger partial charge >= 0.3 is 12.1 Å². The van der Waals surface area contributed by atoms with E-state index in [1.54, 1.807) is 0 Å². The summed E-state index contributed by atoms with van der Waals surface area (Å²) in [4.78, 5) is 22.0. The quantitative estimate of drug-likeness (QED) is 0.364. The summed E-state index contributed by atoms with van der Waals surface area (Å²) in [5, 5.41) is 0. The molecule has 7 heteroatoms. The molecule has 0 aliphatic carbocycles. The highest BCUT2D eigenvalue weighted by atomic mass is 19.4. The molecule has 0 radical (unpaired) electrons. The molecule has 0 spiro atoms. The summed E-state index contributed by atoms with van der Waals surface area (Å²) in [6.45, 7) is 0.643. The SMILES string of the molecule is CC(=O)C(C(=O)Oc1ccc(F)cc1)C(F)(F)F. The van der Waals surface area contributed by atoms with Gasteiger partial charge in [0.15, 0.2) is 5.78 Å². The molecule has 1 atom stereocenters. The van der Waals surface area contributed by atoms with Gasteiger partial charge in [0.05, 0.1) is 0 Å². The number of hydrogen-bond acceptors (Lipinski definition) is 3. The largest absolute Gasteiger partial charge is 0.426 e. The average molecular weight is 264 g/mol. The second-order valence-electron chi connectivity index (χ2n) is 3.46. The maximum Gasteiger partial charge on any atom is 0.409 e. The summed E-state index contributed by atoms with van der Waals surface area (Å²) >= 11 is 0. The van der Waals surface area contributed by atoms with Crippen LogP contribution in [-0.4, -0.2) is 17.9 Å². The zero-order valence-electron chi connectivity index (χ0n) is 9.12. The number of benzene rings is 1. The average Bonchev–Trinajstić information content (AvgIpc) is 2.18. The van der Waals surface area contributed by atoms with Crippen molar-refractivity contribution in [1.29, 1.82) is 0 Å². The predicted octanol–water partition coefficient (Wildman–Crippen LogP) is 2.50. The second-order valence-corrected chi connectivity index (χ2v) is 3.46. The Morgan fingerprint density at radius 1 is 1.17 bits per heavy atom. The zero-order valence-corrected chi connectivity index (χ0v) is 9.12. The van der Waals surface area contributed by atoms with Crippen LogP contribution >= 0.6 is 0 Å². The molecule has 1 aromatic rings. The van der Waals surface area contributed by atoms with Gasteiger partial charge in [-0.25, -0.2) is 4.39 Å². The molecule has 0 amide bonds. The smallest absolute Gasteiger partial charge is 0.409 e. The molecule has 0 saturated heterocycles. The number of ketones is 1. The number of rotatable bonds is 3. The van der Waals surface area contributed by atoms with Gasteiger partial charge in [-0.15, -0.1) is 0 Å². The van der Waals surface area contributed by atoms with E-state index in [9.17, 15) is 27.2 Å². The standard InChI is InChI=1S/C11H8F4O3/c1-6(16)9(11(13,14)15)10(17)18-8-4-2-7(12)3-5-8/h2-5,9H,1H3. The van der Waals surface area contributed by atoms with Crippen molar-refractivity contribution in [1.82, 2.24) is 0 Å². The summed E-state index contributed by atoms with van der Waals surface area (Å²) < 4.78 is 54.1. The number of ether oxygens (including phenoxy) is 1. The van der Waals surface area contributed by atoms with Gasteiger partial charge < -0.3 is 4.74 Å². The summed E-state index contributed by atoms with van der Waals surface area (Å²) in [7, 11) is 0. The first-order valence-electron chi connectivity index (χ1n) is 4.76. The molecular formula is C11H8F4O3. The van der Waals surface area contributed by atoms with Crippen LogP contribution in [0.4, 0.5) is 17.6 Å². The fourth-order valence-corrected chi connectivity index (χ4v) is 1.21. The number of alkyl halides is 3. The van der Waals surface area contributed by atoms with Crippen LogP contribution in [0.25, 0.3) is 0 Å². The van der Waals surface area contributed by atoms with Crippen molar-refractivity contribution in [2.24, 2.45) is 5.92 Å². The Morgan fingerprint density at radius 2 is 1.67 bits per heavy atom. The Balaban J connectivity index is 2.86. The van der Waals surface area contributed by atoms with Gasteiger partial charge in [-0.3, -0.25) is 9.59 Å². The third-order valence-corrected chi connectivity index (χ3v) is 2.00. The van der Waals surface area contributed by atoms with E-state index in [1.807, 2.05) is 0 Å². The maximum absolute atomic E-state index is 12.5. The molecule has 0 bridgehead atoms. The molecule has 0 heterocycles. The normalized spacial score (nSPS) is 12.9. The Kier molecular flexibility index (Phi) is 4.05. The molecule has 0 aliphatic rings. The van der Waals surface area contributed by atoms with Crippen LogP contribution in [0, 0.1) is 11.7 Å². The lowest BCUT2D eigenvalue weighted by Crippen LogP contribution is -2.38. The summed E-state index contributed by atoms with van der Waals surface area (Å²) in [5.41, 5.74) is 0. The van der Waals surface area contributed by atoms with E-state index in [1.165, 1.54) is 0 Å². The molecule has 1 rings (SSSR count). The molecule has 1 aromatic carbocycles. The van der Waals surface area contributed by atoms with Crippen molar-refractivity contribution in [3.8, 4) is 5.75 Å². The molecule has 98 valence electrons. The van der Waals surface area contributed by atoms with Gasteiger partial charge in [0.2, 0.25) is 5.92 Å². The number of carbonyl (C=O) groups is 2. The summed E-state index contributed by atoms with van der Waals surface area (Å²) in [5.74, 6) is -6.83. The molecule has 18 heavy (non-hydrogen) atoms. The lowest BCUT2D eigenvalue weighted by atomic mass is 10.1. The molecule has 3 nitrogen and oxygen atoms in total. The van der Waals surface area contributed by atoms with Crippen molar-refractivity contribution in [3.63, 3.8) is 0 Å². The first kappa shape index (κ1) is 14.1. The number of hydrogen-bond donors (Lipinski definition) is 0. The highest BCUT2D eigenvalue weighted by molar-refractivity contribution is 5.99. The van der Waals surface area contributed by atoms with Crippen LogP contribution in [0.15, 0.2) is 24.3 Å². The van der Waals surface area contributed by atoms with Crippen LogP contribution in [0.2, 0.25) is 0 Å². The highest BCUT2D eigenvalue weighted by Gasteiger charge is 2.49. The van der Waals surface area contributed by atoms with E-state index in [0.717, 1.165) is 24.3 Å². The van der Waals surface area contributed by atoms with Gasteiger partial charge in [-0.1, -0.05) is 0 Å². The number of halogens is 4. The lowest BCUT2D eigenvalue weighted by molar-refractivity contribution is -0.192. The second kappa shape index (κ2) is 5.16. The summed E-state index contributed by atoms with van der Waals surface area (Å²) in [6.07, 6.45) is -5.01. The van der Waals surface area contributed by atoms with E-state index in [0.29, 0.717) is 6.92 Å². The molecule has 0 fully saturated rings. The molecule has 1 unspecified atom stereocenters. The first-order valence-corrected chi connectivity index (χ1v) is 4.76. The van der Waals surface area contributed by atoms with Gasteiger partial charge in [0, 0.05) is 0 Å². The van der Waals surface area contributed by atoms with Crippen LogP contribution in [-0.2, 0) is 9.59 Å². The number of esters is 1. The Hall–Kier alpha value is -1.92. The van der Waals surface area contributed by atoms with Crippen LogP contribution in [0.3, 0.4) is 0 Å². The monoisotopic (exact) mass is 264 g/mol. The molecule has 0 saturated carbocycles. The minimum atomic E-state index is -5.01.